The number of carbonyl (C=O) groups is 1. The molecule has 2 aromatic rings. The molecule has 18 heavy (non-hydrogen) atoms. The molecule has 1 unspecified atom stereocenters. The monoisotopic (exact) mass is 408 g/mol. The van der Waals surface area contributed by atoms with Gasteiger partial charge in [-0.15, -0.1) is 5.69 Å². The van der Waals surface area contributed by atoms with Gasteiger partial charge in [0, 0.05) is 21.1 Å². The second-order valence-electron chi connectivity index (χ2n) is 3.89. The molecule has 1 atom stereocenters. The van der Waals surface area contributed by atoms with E-state index >= 15 is 0 Å². The van der Waals surface area contributed by atoms with Crippen molar-refractivity contribution >= 4 is 11.5 Å². The molecule has 0 radical (unpaired) electrons. The minimum absolute atomic E-state index is 0. The maximum atomic E-state index is 11.7. The topological polar surface area (TPSA) is 31.2 Å². The molecule has 0 bridgehead atoms. The normalized spacial score (nSPS) is 11.2. The minimum Gasteiger partial charge on any atom is -0.672 e. The number of carbonyl (C=O) groups excluding carboxylic acids is 1. The maximum Gasteiger partial charge on any atom is 0.119 e. The van der Waals surface area contributed by atoms with Crippen LogP contribution in [0.15, 0.2) is 60.7 Å². The summed E-state index contributed by atoms with van der Waals surface area (Å²) in [5, 5.41) is 4.48. The Morgan fingerprint density at radius 2 is 1.44 bits per heavy atom. The van der Waals surface area contributed by atoms with Gasteiger partial charge in [0.05, 0.1) is 0 Å². The summed E-state index contributed by atoms with van der Waals surface area (Å²) < 4.78 is 0. The molecule has 0 aliphatic heterocycles. The van der Waals surface area contributed by atoms with Crippen molar-refractivity contribution in [2.75, 3.05) is 0 Å². The van der Waals surface area contributed by atoms with Gasteiger partial charge in [-0.25, -0.2) is 0 Å². The van der Waals surface area contributed by atoms with Crippen molar-refractivity contribution in [1.29, 1.82) is 0 Å². The molecule has 0 fully saturated rings. The zero-order valence-corrected chi connectivity index (χ0v) is 13.0. The third kappa shape index (κ3) is 3.82. The zero-order valence-electron chi connectivity index (χ0n) is 10.1. The van der Waals surface area contributed by atoms with E-state index in [-0.39, 0.29) is 26.8 Å². The van der Waals surface area contributed by atoms with Gasteiger partial charge >= 0.3 is 0 Å². The summed E-state index contributed by atoms with van der Waals surface area (Å²) in [4.78, 5) is 11.7. The fourth-order valence-electron chi connectivity index (χ4n) is 1.70. The number of para-hydroxylation sites is 1. The first-order valence-electron chi connectivity index (χ1n) is 5.58. The van der Waals surface area contributed by atoms with Gasteiger partial charge in [-0.05, 0) is 13.0 Å². The van der Waals surface area contributed by atoms with Crippen LogP contribution < -0.4 is 0 Å². The van der Waals surface area contributed by atoms with E-state index in [2.05, 4.69) is 5.32 Å². The predicted molar refractivity (Wildman–Crippen MR) is 69.3 cm³/mol. The van der Waals surface area contributed by atoms with Crippen LogP contribution in [0.25, 0.3) is 5.32 Å². The van der Waals surface area contributed by atoms with Crippen LogP contribution in [-0.4, -0.2) is 5.78 Å². The van der Waals surface area contributed by atoms with Gasteiger partial charge in [0.15, 0.2) is 0 Å². The molecule has 0 aromatic heterocycles. The molecule has 0 aliphatic carbocycles. The number of benzene rings is 2. The fraction of sp³-hybridized carbons (Fsp3) is 0.133. The Kier molecular flexibility index (Phi) is 5.80. The van der Waals surface area contributed by atoms with E-state index in [0.29, 0.717) is 0 Å². The SMILES string of the molecule is CC(=O)C([N-]c1ccccc1)c1ccccc1.[W]. The zero-order chi connectivity index (χ0) is 12.1. The van der Waals surface area contributed by atoms with Crippen LogP contribution >= 0.6 is 0 Å². The molecule has 2 rings (SSSR count). The van der Waals surface area contributed by atoms with Gasteiger partial charge in [0.2, 0.25) is 0 Å². The largest absolute Gasteiger partial charge is 0.672 e. The van der Waals surface area contributed by atoms with Crippen LogP contribution in [0.4, 0.5) is 5.69 Å². The summed E-state index contributed by atoms with van der Waals surface area (Å²) in [5.41, 5.74) is 1.76. The first-order chi connectivity index (χ1) is 8.27. The van der Waals surface area contributed by atoms with Crippen molar-refractivity contribution < 1.29 is 25.9 Å². The molecule has 3 heteroatoms. The third-order valence-corrected chi connectivity index (χ3v) is 2.53. The smallest absolute Gasteiger partial charge is 0.119 e. The van der Waals surface area contributed by atoms with Crippen molar-refractivity contribution in [2.45, 2.75) is 13.0 Å². The molecule has 2 nitrogen and oxygen atoms in total. The maximum absolute atomic E-state index is 11.7. The van der Waals surface area contributed by atoms with Crippen LogP contribution in [0.3, 0.4) is 0 Å². The van der Waals surface area contributed by atoms with Gasteiger partial charge in [-0.2, -0.15) is 0 Å². The van der Waals surface area contributed by atoms with Crippen molar-refractivity contribution in [3.05, 3.63) is 71.5 Å². The van der Waals surface area contributed by atoms with Gasteiger partial charge in [0.25, 0.3) is 0 Å². The van der Waals surface area contributed by atoms with Gasteiger partial charge < -0.3 is 10.1 Å². The number of Topliss-reactive ketones (excluding diaryl/α,β-unsaturated/α-hetero) is 1. The molecular formula is C15H14NOW-. The summed E-state index contributed by atoms with van der Waals surface area (Å²) in [5.74, 6) is 0.0556. The second-order valence-corrected chi connectivity index (χ2v) is 3.89. The van der Waals surface area contributed by atoms with E-state index in [1.807, 2.05) is 60.7 Å². The molecule has 2 aromatic carbocycles. The van der Waals surface area contributed by atoms with E-state index in [1.165, 1.54) is 0 Å². The number of hydrogen-bond donors (Lipinski definition) is 0. The molecule has 0 amide bonds. The Labute approximate surface area is 122 Å². The number of hydrogen-bond acceptors (Lipinski definition) is 1. The van der Waals surface area contributed by atoms with E-state index in [0.717, 1.165) is 11.3 Å². The fourth-order valence-corrected chi connectivity index (χ4v) is 1.70. The standard InChI is InChI=1S/C15H14NO.W/c1-12(17)15(13-8-4-2-5-9-13)16-14-10-6-3-7-11-14;/h2-11,15H,1H3;/q-1;. The Bertz CT molecular complexity index is 484. The second kappa shape index (κ2) is 7.13. The molecular weight excluding hydrogens is 394 g/mol. The Morgan fingerprint density at radius 1 is 0.944 bits per heavy atom. The summed E-state index contributed by atoms with van der Waals surface area (Å²) in [7, 11) is 0. The van der Waals surface area contributed by atoms with E-state index < -0.39 is 6.04 Å². The minimum atomic E-state index is -0.404. The molecule has 0 saturated heterocycles. The van der Waals surface area contributed by atoms with Crippen molar-refractivity contribution in [3.63, 3.8) is 0 Å². The Balaban J connectivity index is 0.00000162. The van der Waals surface area contributed by atoms with Crippen molar-refractivity contribution in [2.24, 2.45) is 0 Å². The van der Waals surface area contributed by atoms with Crippen LogP contribution in [0.1, 0.15) is 18.5 Å². The quantitative estimate of drug-likeness (QED) is 0.752. The molecule has 0 heterocycles. The summed E-state index contributed by atoms with van der Waals surface area (Å²) >= 11 is 0. The summed E-state index contributed by atoms with van der Waals surface area (Å²) in [6.07, 6.45) is 0. The molecule has 0 N–H and O–H groups in total. The van der Waals surface area contributed by atoms with Gasteiger partial charge in [0.1, 0.15) is 5.78 Å². The Morgan fingerprint density at radius 3 is 1.94 bits per heavy atom. The van der Waals surface area contributed by atoms with E-state index in [9.17, 15) is 4.79 Å². The van der Waals surface area contributed by atoms with Gasteiger partial charge in [-0.3, -0.25) is 0 Å². The van der Waals surface area contributed by atoms with Crippen LogP contribution in [-0.2, 0) is 25.9 Å². The van der Waals surface area contributed by atoms with Crippen LogP contribution in [0, 0.1) is 0 Å². The number of rotatable bonds is 4. The van der Waals surface area contributed by atoms with E-state index in [1.54, 1.807) is 6.92 Å². The first-order valence-corrected chi connectivity index (χ1v) is 5.58. The van der Waals surface area contributed by atoms with Gasteiger partial charge in [-0.1, -0.05) is 66.2 Å². The van der Waals surface area contributed by atoms with Crippen LogP contribution in [0.2, 0.25) is 0 Å². The first kappa shape index (κ1) is 14.7. The number of ketones is 1. The van der Waals surface area contributed by atoms with Crippen molar-refractivity contribution in [1.82, 2.24) is 0 Å². The Hall–Kier alpha value is -1.40. The number of nitrogens with zero attached hydrogens (tertiary/aromatic N) is 1. The predicted octanol–water partition coefficient (Wildman–Crippen LogP) is 4.02. The molecule has 0 spiro atoms. The molecule has 0 aliphatic rings. The molecule has 92 valence electrons. The van der Waals surface area contributed by atoms with E-state index in [4.69, 9.17) is 0 Å². The summed E-state index contributed by atoms with van der Waals surface area (Å²) in [6.45, 7) is 1.57. The average molecular weight is 408 g/mol. The van der Waals surface area contributed by atoms with Crippen LogP contribution in [0.5, 0.6) is 0 Å². The molecule has 0 saturated carbocycles. The average Bonchev–Trinajstić information content (AvgIpc) is 2.38. The summed E-state index contributed by atoms with van der Waals surface area (Å²) in [6, 6.07) is 18.8. The van der Waals surface area contributed by atoms with Crippen molar-refractivity contribution in [3.8, 4) is 0 Å². The third-order valence-electron chi connectivity index (χ3n) is 2.53.